The van der Waals surface area contributed by atoms with Gasteiger partial charge in [0, 0.05) is 23.4 Å². The van der Waals surface area contributed by atoms with E-state index in [-0.39, 0.29) is 36.6 Å². The minimum absolute atomic E-state index is 0.102. The number of nitrogens with one attached hydrogen (secondary N) is 1. The van der Waals surface area contributed by atoms with Gasteiger partial charge in [0.2, 0.25) is 5.91 Å². The molecule has 2 aromatic rings. The van der Waals surface area contributed by atoms with E-state index in [0.717, 1.165) is 23.8 Å². The van der Waals surface area contributed by atoms with E-state index in [4.69, 9.17) is 4.74 Å². The van der Waals surface area contributed by atoms with E-state index in [9.17, 15) is 27.6 Å². The highest BCUT2D eigenvalue weighted by Gasteiger charge is 2.31. The van der Waals surface area contributed by atoms with Gasteiger partial charge in [0.05, 0.1) is 12.2 Å². The predicted octanol–water partition coefficient (Wildman–Crippen LogP) is 4.11. The molecule has 0 aromatic heterocycles. The fourth-order valence-corrected chi connectivity index (χ4v) is 3.42. The van der Waals surface area contributed by atoms with Crippen molar-refractivity contribution in [3.8, 4) is 0 Å². The number of amides is 2. The van der Waals surface area contributed by atoms with Crippen molar-refractivity contribution in [2.24, 2.45) is 0 Å². The Morgan fingerprint density at radius 3 is 2.52 bits per heavy atom. The maximum atomic E-state index is 12.8. The molecule has 164 valence electrons. The number of halogens is 3. The Labute approximate surface area is 177 Å². The number of carbonyl (C=O) groups excluding carboxylic acids is 3. The maximum absolute atomic E-state index is 12.8. The third-order valence-corrected chi connectivity index (χ3v) is 4.93. The molecule has 1 N–H and O–H groups in total. The first-order valence-electron chi connectivity index (χ1n) is 9.68. The molecular formula is C22H21F3N2O4. The van der Waals surface area contributed by atoms with Gasteiger partial charge in [-0.3, -0.25) is 14.4 Å². The van der Waals surface area contributed by atoms with E-state index >= 15 is 0 Å². The normalized spacial score (nSPS) is 13.6. The molecule has 0 unspecified atom stereocenters. The number of esters is 1. The van der Waals surface area contributed by atoms with Gasteiger partial charge in [-0.2, -0.15) is 13.2 Å². The Balaban J connectivity index is 1.84. The summed E-state index contributed by atoms with van der Waals surface area (Å²) in [5, 5.41) is 2.65. The van der Waals surface area contributed by atoms with Crippen LogP contribution in [0, 0.1) is 6.92 Å². The molecule has 3 rings (SSSR count). The van der Waals surface area contributed by atoms with E-state index in [1.807, 2.05) is 0 Å². The van der Waals surface area contributed by atoms with Crippen LogP contribution in [0.4, 0.5) is 24.5 Å². The number of carbonyl (C=O) groups is 3. The molecule has 0 spiro atoms. The zero-order valence-corrected chi connectivity index (χ0v) is 17.0. The SMILES string of the molecule is CCOC(=O)CN1C(=O)CCc2ccc(NC(=O)c3ccc(C(F)(F)F)cc3C)cc21. The first-order chi connectivity index (χ1) is 14.6. The van der Waals surface area contributed by atoms with Crippen LogP contribution >= 0.6 is 0 Å². The average molecular weight is 434 g/mol. The van der Waals surface area contributed by atoms with Crippen molar-refractivity contribution in [1.82, 2.24) is 0 Å². The number of aryl methyl sites for hydroxylation is 2. The van der Waals surface area contributed by atoms with Gasteiger partial charge in [-0.05, 0) is 61.7 Å². The molecule has 0 saturated heterocycles. The number of fused-ring (bicyclic) bond motifs is 1. The van der Waals surface area contributed by atoms with Crippen molar-refractivity contribution < 1.29 is 32.3 Å². The molecule has 2 amide bonds. The van der Waals surface area contributed by atoms with Crippen LogP contribution in [0.15, 0.2) is 36.4 Å². The minimum Gasteiger partial charge on any atom is -0.465 e. The van der Waals surface area contributed by atoms with E-state index in [0.29, 0.717) is 17.8 Å². The molecule has 0 atom stereocenters. The Bertz CT molecular complexity index is 1030. The van der Waals surface area contributed by atoms with Gasteiger partial charge < -0.3 is 15.0 Å². The van der Waals surface area contributed by atoms with Crippen LogP contribution in [0.2, 0.25) is 0 Å². The number of nitrogens with zero attached hydrogens (tertiary/aromatic N) is 1. The molecule has 1 aliphatic heterocycles. The maximum Gasteiger partial charge on any atom is 0.416 e. The molecule has 9 heteroatoms. The summed E-state index contributed by atoms with van der Waals surface area (Å²) in [6, 6.07) is 7.87. The van der Waals surface area contributed by atoms with Crippen molar-refractivity contribution in [3.05, 3.63) is 58.7 Å². The van der Waals surface area contributed by atoms with Gasteiger partial charge in [-0.1, -0.05) is 6.07 Å². The Kier molecular flexibility index (Phi) is 6.33. The van der Waals surface area contributed by atoms with Crippen LogP contribution in [0.25, 0.3) is 0 Å². The van der Waals surface area contributed by atoms with Crippen molar-refractivity contribution in [3.63, 3.8) is 0 Å². The van der Waals surface area contributed by atoms with Crippen LogP contribution in [-0.2, 0) is 26.9 Å². The Morgan fingerprint density at radius 1 is 1.13 bits per heavy atom. The monoisotopic (exact) mass is 434 g/mol. The predicted molar refractivity (Wildman–Crippen MR) is 108 cm³/mol. The second-order valence-electron chi connectivity index (χ2n) is 7.11. The van der Waals surface area contributed by atoms with Gasteiger partial charge in [-0.25, -0.2) is 0 Å². The van der Waals surface area contributed by atoms with E-state index in [1.54, 1.807) is 25.1 Å². The number of hydrogen-bond donors (Lipinski definition) is 1. The van der Waals surface area contributed by atoms with Crippen molar-refractivity contribution in [2.45, 2.75) is 32.9 Å². The molecule has 2 aromatic carbocycles. The van der Waals surface area contributed by atoms with Crippen LogP contribution in [0.1, 0.15) is 40.4 Å². The second kappa shape index (κ2) is 8.79. The lowest BCUT2D eigenvalue weighted by Crippen LogP contribution is -2.39. The van der Waals surface area contributed by atoms with Gasteiger partial charge in [0.25, 0.3) is 5.91 Å². The molecular weight excluding hydrogens is 413 g/mol. The topological polar surface area (TPSA) is 75.7 Å². The molecule has 1 heterocycles. The Hall–Kier alpha value is -3.36. The highest BCUT2D eigenvalue weighted by Crippen LogP contribution is 2.32. The van der Waals surface area contributed by atoms with Crippen molar-refractivity contribution in [2.75, 3.05) is 23.4 Å². The van der Waals surface area contributed by atoms with E-state index in [2.05, 4.69) is 5.32 Å². The van der Waals surface area contributed by atoms with Crippen LogP contribution in [0.3, 0.4) is 0 Å². The largest absolute Gasteiger partial charge is 0.465 e. The summed E-state index contributed by atoms with van der Waals surface area (Å²) in [5.74, 6) is -1.36. The molecule has 31 heavy (non-hydrogen) atoms. The van der Waals surface area contributed by atoms with Crippen LogP contribution < -0.4 is 10.2 Å². The highest BCUT2D eigenvalue weighted by molar-refractivity contribution is 6.06. The number of alkyl halides is 3. The van der Waals surface area contributed by atoms with E-state index in [1.165, 1.54) is 11.8 Å². The zero-order chi connectivity index (χ0) is 22.8. The first kappa shape index (κ1) is 22.3. The lowest BCUT2D eigenvalue weighted by Gasteiger charge is -2.29. The smallest absolute Gasteiger partial charge is 0.416 e. The number of ether oxygens (including phenoxy) is 1. The summed E-state index contributed by atoms with van der Waals surface area (Å²) < 4.78 is 43.5. The van der Waals surface area contributed by atoms with Gasteiger partial charge in [0.1, 0.15) is 6.54 Å². The summed E-state index contributed by atoms with van der Waals surface area (Å²) in [6.07, 6.45) is -3.74. The number of rotatable bonds is 5. The minimum atomic E-state index is -4.49. The number of hydrogen-bond acceptors (Lipinski definition) is 4. The lowest BCUT2D eigenvalue weighted by atomic mass is 10.00. The molecule has 6 nitrogen and oxygen atoms in total. The molecule has 0 fully saturated rings. The lowest BCUT2D eigenvalue weighted by molar-refractivity contribution is -0.142. The first-order valence-corrected chi connectivity index (χ1v) is 9.68. The molecule has 0 aliphatic carbocycles. The average Bonchev–Trinajstić information content (AvgIpc) is 2.69. The fourth-order valence-electron chi connectivity index (χ4n) is 3.42. The summed E-state index contributed by atoms with van der Waals surface area (Å²) >= 11 is 0. The third kappa shape index (κ3) is 5.04. The quantitative estimate of drug-likeness (QED) is 0.719. The van der Waals surface area contributed by atoms with Gasteiger partial charge in [-0.15, -0.1) is 0 Å². The summed E-state index contributed by atoms with van der Waals surface area (Å²) in [7, 11) is 0. The number of benzene rings is 2. The molecule has 0 bridgehead atoms. The van der Waals surface area contributed by atoms with E-state index < -0.39 is 23.6 Å². The van der Waals surface area contributed by atoms with Gasteiger partial charge >= 0.3 is 12.1 Å². The third-order valence-electron chi connectivity index (χ3n) is 4.93. The molecule has 0 radical (unpaired) electrons. The highest BCUT2D eigenvalue weighted by atomic mass is 19.4. The second-order valence-corrected chi connectivity index (χ2v) is 7.11. The summed E-state index contributed by atoms with van der Waals surface area (Å²) in [4.78, 5) is 38.2. The van der Waals surface area contributed by atoms with Crippen molar-refractivity contribution >= 4 is 29.2 Å². The Morgan fingerprint density at radius 2 is 1.87 bits per heavy atom. The van der Waals surface area contributed by atoms with Gasteiger partial charge in [0.15, 0.2) is 0 Å². The summed E-state index contributed by atoms with van der Waals surface area (Å²) in [5.41, 5.74) is 1.14. The zero-order valence-electron chi connectivity index (χ0n) is 17.0. The standard InChI is InChI=1S/C22H21F3N2O4/c1-3-31-20(29)12-27-18-11-16(7-4-14(18)5-9-19(27)28)26-21(30)17-8-6-15(10-13(17)2)22(23,24)25/h4,6-8,10-11H,3,5,9,12H2,1-2H3,(H,26,30). The fraction of sp³-hybridized carbons (Fsp3) is 0.318. The number of anilines is 2. The molecule has 0 saturated carbocycles. The van der Waals surface area contributed by atoms with Crippen molar-refractivity contribution in [1.29, 1.82) is 0 Å². The van der Waals surface area contributed by atoms with Crippen LogP contribution in [-0.4, -0.2) is 30.9 Å². The summed E-state index contributed by atoms with van der Waals surface area (Å²) in [6.45, 7) is 3.04. The van der Waals surface area contributed by atoms with Crippen LogP contribution in [0.5, 0.6) is 0 Å². The molecule has 1 aliphatic rings.